The van der Waals surface area contributed by atoms with E-state index < -0.39 is 18.0 Å². The first-order chi connectivity index (χ1) is 10.1. The van der Waals surface area contributed by atoms with Gasteiger partial charge in [0.15, 0.2) is 0 Å². The van der Waals surface area contributed by atoms with Gasteiger partial charge in [-0.1, -0.05) is 29.8 Å². The maximum Gasteiger partial charge on any atom is 0.308 e. The highest BCUT2D eigenvalue weighted by Crippen LogP contribution is 2.13. The van der Waals surface area contributed by atoms with Crippen LogP contribution in [0.2, 0.25) is 0 Å². The van der Waals surface area contributed by atoms with E-state index in [1.165, 1.54) is 0 Å². The molecule has 0 unspecified atom stereocenters. The van der Waals surface area contributed by atoms with Gasteiger partial charge in [0.1, 0.15) is 6.10 Å². The molecule has 5 nitrogen and oxygen atoms in total. The number of hydrogen-bond donors (Lipinski definition) is 2. The van der Waals surface area contributed by atoms with Crippen molar-refractivity contribution in [3.05, 3.63) is 35.4 Å². The van der Waals surface area contributed by atoms with Crippen molar-refractivity contribution >= 4 is 11.9 Å². The Hall–Kier alpha value is -1.88. The summed E-state index contributed by atoms with van der Waals surface area (Å²) in [7, 11) is 0. The average Bonchev–Trinajstić information content (AvgIpc) is 2.97. The highest BCUT2D eigenvalue weighted by atomic mass is 16.5. The van der Waals surface area contributed by atoms with Crippen LogP contribution in [0.1, 0.15) is 24.0 Å². The van der Waals surface area contributed by atoms with Gasteiger partial charge in [-0.05, 0) is 31.7 Å². The van der Waals surface area contributed by atoms with Crippen molar-refractivity contribution in [3.63, 3.8) is 0 Å². The molecule has 0 spiro atoms. The van der Waals surface area contributed by atoms with Crippen molar-refractivity contribution in [2.75, 3.05) is 13.2 Å². The molecule has 1 saturated heterocycles. The normalized spacial score (nSPS) is 19.2. The van der Waals surface area contributed by atoms with E-state index in [9.17, 15) is 14.7 Å². The van der Waals surface area contributed by atoms with Crippen molar-refractivity contribution in [1.29, 1.82) is 0 Å². The Bertz CT molecular complexity index is 509. The number of carbonyl (C=O) groups is 2. The largest absolute Gasteiger partial charge is 0.481 e. The summed E-state index contributed by atoms with van der Waals surface area (Å²) >= 11 is 0. The third-order valence-electron chi connectivity index (χ3n) is 3.66. The topological polar surface area (TPSA) is 75.6 Å². The van der Waals surface area contributed by atoms with Crippen LogP contribution in [0, 0.1) is 12.8 Å². The number of carboxylic acid groups (broad SMARTS) is 1. The standard InChI is InChI=1S/C16H21NO4/c1-11-4-2-5-12(8-11)9-13(16(19)20)10-17-15(18)14-6-3-7-21-14/h2,4-5,8,13-14H,3,6-7,9-10H2,1H3,(H,17,18)(H,19,20)/t13-,14-/m1/s1. The van der Waals surface area contributed by atoms with Gasteiger partial charge in [-0.2, -0.15) is 0 Å². The van der Waals surface area contributed by atoms with Gasteiger partial charge in [0.2, 0.25) is 5.91 Å². The number of hydrogen-bond acceptors (Lipinski definition) is 3. The minimum atomic E-state index is -0.899. The molecule has 1 heterocycles. The number of aliphatic carboxylic acids is 1. The molecule has 1 aliphatic rings. The molecule has 1 aromatic rings. The van der Waals surface area contributed by atoms with Crippen LogP contribution in [0.25, 0.3) is 0 Å². The number of ether oxygens (including phenoxy) is 1. The zero-order valence-electron chi connectivity index (χ0n) is 12.2. The molecule has 0 bridgehead atoms. The van der Waals surface area contributed by atoms with Crippen LogP contribution in [0.5, 0.6) is 0 Å². The predicted octanol–water partition coefficient (Wildman–Crippen LogP) is 1.53. The molecule has 0 aliphatic carbocycles. The van der Waals surface area contributed by atoms with E-state index in [1.807, 2.05) is 31.2 Å². The average molecular weight is 291 g/mol. The summed E-state index contributed by atoms with van der Waals surface area (Å²) in [5.74, 6) is -1.73. The molecule has 1 amide bonds. The highest BCUT2D eigenvalue weighted by Gasteiger charge is 2.25. The maximum absolute atomic E-state index is 11.8. The van der Waals surface area contributed by atoms with Crippen molar-refractivity contribution in [2.45, 2.75) is 32.3 Å². The van der Waals surface area contributed by atoms with E-state index in [1.54, 1.807) is 0 Å². The second kappa shape index (κ2) is 7.22. The third kappa shape index (κ3) is 4.56. The van der Waals surface area contributed by atoms with E-state index in [0.29, 0.717) is 19.4 Å². The number of nitrogens with one attached hydrogen (secondary N) is 1. The molecule has 2 rings (SSSR count). The lowest BCUT2D eigenvalue weighted by Crippen LogP contribution is -2.39. The molecule has 114 valence electrons. The van der Waals surface area contributed by atoms with Crippen LogP contribution in [0.15, 0.2) is 24.3 Å². The van der Waals surface area contributed by atoms with Crippen LogP contribution < -0.4 is 5.32 Å². The van der Waals surface area contributed by atoms with Crippen molar-refractivity contribution in [2.24, 2.45) is 5.92 Å². The van der Waals surface area contributed by atoms with Crippen LogP contribution in [0.3, 0.4) is 0 Å². The molecular formula is C16H21NO4. The fourth-order valence-electron chi connectivity index (χ4n) is 2.49. The zero-order valence-corrected chi connectivity index (χ0v) is 12.2. The molecule has 5 heteroatoms. The van der Waals surface area contributed by atoms with Crippen molar-refractivity contribution in [3.8, 4) is 0 Å². The van der Waals surface area contributed by atoms with Gasteiger partial charge >= 0.3 is 5.97 Å². The van der Waals surface area contributed by atoms with Crippen LogP contribution in [0.4, 0.5) is 0 Å². The zero-order chi connectivity index (χ0) is 15.2. The van der Waals surface area contributed by atoms with Gasteiger partial charge in [-0.3, -0.25) is 9.59 Å². The van der Waals surface area contributed by atoms with Gasteiger partial charge in [0.25, 0.3) is 0 Å². The summed E-state index contributed by atoms with van der Waals surface area (Å²) in [6, 6.07) is 7.76. The summed E-state index contributed by atoms with van der Waals surface area (Å²) in [4.78, 5) is 23.2. The Morgan fingerprint density at radius 1 is 1.48 bits per heavy atom. The summed E-state index contributed by atoms with van der Waals surface area (Å²) in [6.07, 6.45) is 1.58. The van der Waals surface area contributed by atoms with Gasteiger partial charge in [-0.25, -0.2) is 0 Å². The van der Waals surface area contributed by atoms with E-state index in [-0.39, 0.29) is 12.5 Å². The molecule has 1 aliphatic heterocycles. The number of rotatable bonds is 6. The number of benzene rings is 1. The van der Waals surface area contributed by atoms with E-state index in [2.05, 4.69) is 5.32 Å². The number of amides is 1. The van der Waals surface area contributed by atoms with Crippen molar-refractivity contribution in [1.82, 2.24) is 5.32 Å². The quantitative estimate of drug-likeness (QED) is 0.833. The minimum absolute atomic E-state index is 0.127. The second-order valence-corrected chi connectivity index (χ2v) is 5.48. The minimum Gasteiger partial charge on any atom is -0.481 e. The summed E-state index contributed by atoms with van der Waals surface area (Å²) in [6.45, 7) is 2.70. The summed E-state index contributed by atoms with van der Waals surface area (Å²) in [5.41, 5.74) is 2.06. The molecule has 21 heavy (non-hydrogen) atoms. The highest BCUT2D eigenvalue weighted by molar-refractivity contribution is 5.81. The molecule has 2 N–H and O–H groups in total. The maximum atomic E-state index is 11.8. The molecule has 0 aromatic heterocycles. The summed E-state index contributed by atoms with van der Waals surface area (Å²) < 4.78 is 5.28. The Kier molecular flexibility index (Phi) is 5.33. The van der Waals surface area contributed by atoms with Crippen LogP contribution >= 0.6 is 0 Å². The van der Waals surface area contributed by atoms with E-state index in [4.69, 9.17) is 4.74 Å². The molecular weight excluding hydrogens is 270 g/mol. The molecule has 1 aromatic carbocycles. The lowest BCUT2D eigenvalue weighted by molar-refractivity contribution is -0.141. The Labute approximate surface area is 124 Å². The monoisotopic (exact) mass is 291 g/mol. The van der Waals surface area contributed by atoms with Gasteiger partial charge in [0.05, 0.1) is 5.92 Å². The van der Waals surface area contributed by atoms with Gasteiger partial charge < -0.3 is 15.2 Å². The van der Waals surface area contributed by atoms with E-state index >= 15 is 0 Å². The van der Waals surface area contributed by atoms with Gasteiger partial charge in [-0.15, -0.1) is 0 Å². The molecule has 2 atom stereocenters. The smallest absolute Gasteiger partial charge is 0.308 e. The molecule has 0 saturated carbocycles. The number of carbonyl (C=O) groups excluding carboxylic acids is 1. The number of aryl methyl sites for hydroxylation is 1. The fourth-order valence-corrected chi connectivity index (χ4v) is 2.49. The SMILES string of the molecule is Cc1cccc(C[C@H](CNC(=O)[C@H]2CCCO2)C(=O)O)c1. The first kappa shape index (κ1) is 15.5. The molecule has 1 fully saturated rings. The Balaban J connectivity index is 1.90. The second-order valence-electron chi connectivity index (χ2n) is 5.48. The fraction of sp³-hybridized carbons (Fsp3) is 0.500. The number of carboxylic acids is 1. The van der Waals surface area contributed by atoms with Crippen molar-refractivity contribution < 1.29 is 19.4 Å². The lowest BCUT2D eigenvalue weighted by atomic mass is 9.98. The Morgan fingerprint density at radius 3 is 2.90 bits per heavy atom. The first-order valence-electron chi connectivity index (χ1n) is 7.24. The third-order valence-corrected chi connectivity index (χ3v) is 3.66. The first-order valence-corrected chi connectivity index (χ1v) is 7.24. The summed E-state index contributed by atoms with van der Waals surface area (Å²) in [5, 5.41) is 12.0. The van der Waals surface area contributed by atoms with Crippen LogP contribution in [-0.2, 0) is 20.7 Å². The van der Waals surface area contributed by atoms with E-state index in [0.717, 1.165) is 17.5 Å². The lowest BCUT2D eigenvalue weighted by Gasteiger charge is -2.16. The van der Waals surface area contributed by atoms with Crippen LogP contribution in [-0.4, -0.2) is 36.2 Å². The predicted molar refractivity (Wildman–Crippen MR) is 78.0 cm³/mol. The Morgan fingerprint density at radius 2 is 2.29 bits per heavy atom. The molecule has 0 radical (unpaired) electrons. The van der Waals surface area contributed by atoms with Gasteiger partial charge in [0, 0.05) is 13.2 Å².